The van der Waals surface area contributed by atoms with Crippen molar-refractivity contribution in [3.8, 4) is 12.0 Å². The topological polar surface area (TPSA) is 100 Å². The molecule has 0 amide bonds. The minimum atomic E-state index is -4.06. The van der Waals surface area contributed by atoms with Crippen LogP contribution < -0.4 is 9.46 Å². The number of likely N-dealkylation sites (tertiary alicyclic amines) is 1. The number of ether oxygens (including phenoxy) is 1. The van der Waals surface area contributed by atoms with Gasteiger partial charge < -0.3 is 4.74 Å². The number of hydrogen-bond donors (Lipinski definition) is 1. The van der Waals surface area contributed by atoms with E-state index in [1.165, 1.54) is 23.7 Å². The van der Waals surface area contributed by atoms with E-state index in [1.54, 1.807) is 13.3 Å². The van der Waals surface area contributed by atoms with Crippen molar-refractivity contribution in [1.29, 1.82) is 5.26 Å². The monoisotopic (exact) mass is 453 g/mol. The van der Waals surface area contributed by atoms with E-state index in [-0.39, 0.29) is 22.3 Å². The number of rotatable bonds is 8. The fourth-order valence-corrected chi connectivity index (χ4v) is 4.76. The second kappa shape index (κ2) is 8.90. The molecule has 1 aliphatic rings. The second-order valence-electron chi connectivity index (χ2n) is 7.99. The Hall–Kier alpha value is -2.55. The molecule has 1 aromatic carbocycles. The number of nitriles is 1. The minimum Gasteiger partial charge on any atom is -0.387 e. The number of sulfonamides is 1. The number of aryl methyl sites for hydroxylation is 1. The fraction of sp³-hybridized carbons (Fsp3) is 0.500. The lowest BCUT2D eigenvalue weighted by atomic mass is 9.96. The second-order valence-corrected chi connectivity index (χ2v) is 9.65. The largest absolute Gasteiger partial charge is 0.387 e. The number of benzene rings is 1. The summed E-state index contributed by atoms with van der Waals surface area (Å²) in [5, 5.41) is 12.9. The van der Waals surface area contributed by atoms with Crippen LogP contribution in [0.5, 0.6) is 5.75 Å². The summed E-state index contributed by atoms with van der Waals surface area (Å²) in [7, 11) is -2.44. The highest BCUT2D eigenvalue weighted by Gasteiger charge is 2.29. The van der Waals surface area contributed by atoms with Gasteiger partial charge in [-0.3, -0.25) is 9.58 Å². The van der Waals surface area contributed by atoms with Crippen LogP contribution in [0.25, 0.3) is 0 Å². The van der Waals surface area contributed by atoms with Gasteiger partial charge in [0, 0.05) is 49.9 Å². The van der Waals surface area contributed by atoms with Crippen LogP contribution in [0, 0.1) is 17.3 Å². The van der Waals surface area contributed by atoms with Gasteiger partial charge in [-0.25, -0.2) is 21.9 Å². The van der Waals surface area contributed by atoms with Crippen LogP contribution in [0.2, 0.25) is 0 Å². The molecular weight excluding hydrogens is 428 g/mol. The number of nitrogens with one attached hydrogen (secondary N) is 1. The number of alkyl halides is 1. The first-order valence-electron chi connectivity index (χ1n) is 9.82. The van der Waals surface area contributed by atoms with Gasteiger partial charge in [-0.1, -0.05) is 13.8 Å². The predicted octanol–water partition coefficient (Wildman–Crippen LogP) is 2.74. The maximum atomic E-state index is 14.2. The highest BCUT2D eigenvalue weighted by Crippen LogP contribution is 2.35. The summed E-state index contributed by atoms with van der Waals surface area (Å²) in [5.74, 6) is -0.573. The van der Waals surface area contributed by atoms with Gasteiger partial charge in [0.25, 0.3) is 16.3 Å². The zero-order valence-electron chi connectivity index (χ0n) is 17.8. The number of nitrogens with zero attached hydrogens (tertiary/aromatic N) is 4. The molecule has 0 saturated carbocycles. The van der Waals surface area contributed by atoms with Crippen molar-refractivity contribution < 1.29 is 21.9 Å². The Balaban J connectivity index is 1.86. The number of hydrogen-bond acceptors (Lipinski definition) is 6. The highest BCUT2D eigenvalue weighted by atomic mass is 32.2. The van der Waals surface area contributed by atoms with Crippen LogP contribution >= 0.6 is 0 Å². The normalized spacial score (nSPS) is 16.2. The summed E-state index contributed by atoms with van der Waals surface area (Å²) in [6.07, 6.45) is 0.729. The molecule has 1 N–H and O–H groups in total. The summed E-state index contributed by atoms with van der Waals surface area (Å²) < 4.78 is 62.1. The number of aromatic nitrogens is 2. The van der Waals surface area contributed by atoms with Gasteiger partial charge in [-0.05, 0) is 25.0 Å². The summed E-state index contributed by atoms with van der Waals surface area (Å²) in [6.45, 7) is 6.17. The Morgan fingerprint density at radius 3 is 2.52 bits per heavy atom. The first kappa shape index (κ1) is 23.1. The first-order chi connectivity index (χ1) is 14.5. The lowest BCUT2D eigenvalue weighted by Gasteiger charge is -2.33. The quantitative estimate of drug-likeness (QED) is 0.617. The predicted molar refractivity (Wildman–Crippen MR) is 109 cm³/mol. The molecule has 1 fully saturated rings. The first-order valence-corrected chi connectivity index (χ1v) is 11.3. The lowest BCUT2D eigenvalue weighted by molar-refractivity contribution is 0.0570. The molecule has 2 aromatic rings. The van der Waals surface area contributed by atoms with Gasteiger partial charge >= 0.3 is 0 Å². The van der Waals surface area contributed by atoms with E-state index in [4.69, 9.17) is 10.00 Å². The van der Waals surface area contributed by atoms with E-state index in [9.17, 15) is 17.2 Å². The third-order valence-corrected chi connectivity index (χ3v) is 6.62. The third-order valence-electron chi connectivity index (χ3n) is 5.21. The Morgan fingerprint density at radius 1 is 1.29 bits per heavy atom. The van der Waals surface area contributed by atoms with Crippen molar-refractivity contribution >= 4 is 10.0 Å². The Labute approximate surface area is 180 Å². The molecule has 2 heterocycles. The minimum absolute atomic E-state index is 0.134. The Bertz CT molecular complexity index is 1100. The van der Waals surface area contributed by atoms with E-state index in [2.05, 4.69) is 9.82 Å². The van der Waals surface area contributed by atoms with Gasteiger partial charge in [0.1, 0.15) is 12.0 Å². The standard InChI is InChI=1S/C20H25F2N5O3S/c1-12(2)17-5-14(21)6-18(20(17)30-11-23)13(3)25-31(28,29)19-7-16(26(4)24-19)10-27-8-15(22)9-27/h5-7,12-13,15,25H,8-10H2,1-4H3. The van der Waals surface area contributed by atoms with E-state index in [1.807, 2.05) is 18.7 Å². The van der Waals surface area contributed by atoms with Crippen molar-refractivity contribution in [3.63, 3.8) is 0 Å². The molecule has 3 rings (SSSR count). The average Bonchev–Trinajstić information content (AvgIpc) is 3.02. The fourth-order valence-electron chi connectivity index (χ4n) is 3.53. The molecule has 0 aliphatic carbocycles. The molecule has 1 aromatic heterocycles. The molecular formula is C20H25F2N5O3S. The van der Waals surface area contributed by atoms with Crippen LogP contribution in [-0.4, -0.2) is 42.4 Å². The molecule has 1 unspecified atom stereocenters. The van der Waals surface area contributed by atoms with Crippen LogP contribution in [0.15, 0.2) is 23.2 Å². The molecule has 11 heteroatoms. The molecule has 1 atom stereocenters. The van der Waals surface area contributed by atoms with Crippen molar-refractivity contribution in [2.75, 3.05) is 13.1 Å². The lowest BCUT2D eigenvalue weighted by Crippen LogP contribution is -2.47. The van der Waals surface area contributed by atoms with Gasteiger partial charge in [0.15, 0.2) is 10.8 Å². The van der Waals surface area contributed by atoms with Crippen LogP contribution in [0.4, 0.5) is 8.78 Å². The molecule has 0 spiro atoms. The zero-order chi connectivity index (χ0) is 22.9. The number of halogens is 2. The molecule has 8 nitrogen and oxygen atoms in total. The van der Waals surface area contributed by atoms with Crippen molar-refractivity contribution in [2.45, 2.75) is 50.5 Å². The molecule has 1 aliphatic heterocycles. The Morgan fingerprint density at radius 2 is 1.94 bits per heavy atom. The van der Waals surface area contributed by atoms with Crippen LogP contribution in [-0.2, 0) is 23.6 Å². The third kappa shape index (κ3) is 5.03. The van der Waals surface area contributed by atoms with Crippen LogP contribution in [0.1, 0.15) is 49.6 Å². The summed E-state index contributed by atoms with van der Waals surface area (Å²) in [6, 6.07) is 2.95. The molecule has 0 bridgehead atoms. The van der Waals surface area contributed by atoms with Crippen molar-refractivity contribution in [3.05, 3.63) is 40.8 Å². The Kier molecular flexibility index (Phi) is 6.64. The van der Waals surface area contributed by atoms with Crippen molar-refractivity contribution in [1.82, 2.24) is 19.4 Å². The molecule has 31 heavy (non-hydrogen) atoms. The van der Waals surface area contributed by atoms with Gasteiger partial charge in [-0.15, -0.1) is 5.26 Å². The molecule has 168 valence electrons. The van der Waals surface area contributed by atoms with Gasteiger partial charge in [-0.2, -0.15) is 5.10 Å². The van der Waals surface area contributed by atoms with Gasteiger partial charge in [0.05, 0.1) is 5.69 Å². The van der Waals surface area contributed by atoms with Crippen molar-refractivity contribution in [2.24, 2.45) is 7.05 Å². The van der Waals surface area contributed by atoms with E-state index < -0.39 is 28.1 Å². The van der Waals surface area contributed by atoms with E-state index in [0.29, 0.717) is 30.9 Å². The van der Waals surface area contributed by atoms with E-state index >= 15 is 0 Å². The maximum absolute atomic E-state index is 14.2. The highest BCUT2D eigenvalue weighted by molar-refractivity contribution is 7.89. The average molecular weight is 454 g/mol. The van der Waals surface area contributed by atoms with Crippen LogP contribution in [0.3, 0.4) is 0 Å². The maximum Gasteiger partial charge on any atom is 0.292 e. The summed E-state index contributed by atoms with van der Waals surface area (Å²) >= 11 is 0. The van der Waals surface area contributed by atoms with Gasteiger partial charge in [0.2, 0.25) is 0 Å². The summed E-state index contributed by atoms with van der Waals surface area (Å²) in [4.78, 5) is 1.85. The zero-order valence-corrected chi connectivity index (χ0v) is 18.6. The van der Waals surface area contributed by atoms with E-state index in [0.717, 1.165) is 6.07 Å². The molecule has 0 radical (unpaired) electrons. The SMILES string of the molecule is CC(C)c1cc(F)cc(C(C)NS(=O)(=O)c2cc(CN3CC(F)C3)n(C)n2)c1OC#N. The summed E-state index contributed by atoms with van der Waals surface area (Å²) in [5.41, 5.74) is 1.30. The molecule has 1 saturated heterocycles. The smallest absolute Gasteiger partial charge is 0.292 e.